The monoisotopic (exact) mass is 321 g/mol. The fourth-order valence-corrected chi connectivity index (χ4v) is 2.93. The van der Waals surface area contributed by atoms with E-state index >= 15 is 0 Å². The summed E-state index contributed by atoms with van der Waals surface area (Å²) in [5, 5.41) is 11.2. The van der Waals surface area contributed by atoms with E-state index in [1.165, 1.54) is 0 Å². The molecule has 0 unspecified atom stereocenters. The Morgan fingerprint density at radius 1 is 1.08 bits per heavy atom. The number of anilines is 1. The molecular formula is C20H23N3O. The van der Waals surface area contributed by atoms with Crippen LogP contribution in [-0.4, -0.2) is 28.7 Å². The van der Waals surface area contributed by atoms with Crippen LogP contribution in [0.4, 0.5) is 5.82 Å². The van der Waals surface area contributed by atoms with Crippen LogP contribution >= 0.6 is 0 Å². The first kappa shape index (κ1) is 16.2. The fourth-order valence-electron chi connectivity index (χ4n) is 2.93. The fraction of sp³-hybridized carbons (Fsp3) is 0.300. The molecule has 2 aromatic carbocycles. The molecule has 3 aromatic rings. The minimum Gasteiger partial charge on any atom is -0.507 e. The number of para-hydroxylation sites is 1. The van der Waals surface area contributed by atoms with E-state index in [1.54, 1.807) is 12.1 Å². The van der Waals surface area contributed by atoms with E-state index in [4.69, 9.17) is 9.97 Å². The molecule has 0 amide bonds. The number of fused-ring (bicyclic) bond motifs is 1. The van der Waals surface area contributed by atoms with Gasteiger partial charge in [0.05, 0.1) is 11.1 Å². The van der Waals surface area contributed by atoms with Crippen LogP contribution in [0.25, 0.3) is 22.3 Å². The number of nitrogens with zero attached hydrogens (tertiary/aromatic N) is 3. The van der Waals surface area contributed by atoms with Crippen molar-refractivity contribution in [2.45, 2.75) is 20.8 Å². The van der Waals surface area contributed by atoms with Gasteiger partial charge in [0, 0.05) is 19.0 Å². The molecule has 1 N–H and O–H groups in total. The standard InChI is InChI=1S/C20H23N3O/c1-13(2)12-23(4)20-15-10-9-14(3)11-17(15)21-19(22-20)16-7-5-6-8-18(16)24/h5-11,13,24H,12H2,1-4H3. The number of phenolic OH excluding ortho intramolecular Hbond substituents is 1. The van der Waals surface area contributed by atoms with Gasteiger partial charge in [0.15, 0.2) is 5.82 Å². The topological polar surface area (TPSA) is 49.2 Å². The normalized spacial score (nSPS) is 11.2. The number of aryl methyl sites for hydroxylation is 1. The molecule has 24 heavy (non-hydrogen) atoms. The van der Waals surface area contributed by atoms with Gasteiger partial charge >= 0.3 is 0 Å². The molecule has 0 fully saturated rings. The Hall–Kier alpha value is -2.62. The second kappa shape index (κ2) is 6.48. The number of aromatic nitrogens is 2. The number of hydrogen-bond acceptors (Lipinski definition) is 4. The van der Waals surface area contributed by atoms with Crippen LogP contribution in [0.2, 0.25) is 0 Å². The Morgan fingerprint density at radius 3 is 2.54 bits per heavy atom. The first-order chi connectivity index (χ1) is 11.5. The van der Waals surface area contributed by atoms with Crippen molar-refractivity contribution in [1.82, 2.24) is 9.97 Å². The van der Waals surface area contributed by atoms with Gasteiger partial charge in [0.25, 0.3) is 0 Å². The van der Waals surface area contributed by atoms with Crippen molar-refractivity contribution in [2.24, 2.45) is 5.92 Å². The lowest BCUT2D eigenvalue weighted by atomic mass is 10.1. The van der Waals surface area contributed by atoms with Gasteiger partial charge in [-0.2, -0.15) is 0 Å². The van der Waals surface area contributed by atoms with Gasteiger partial charge in [-0.15, -0.1) is 0 Å². The molecule has 0 saturated heterocycles. The first-order valence-electron chi connectivity index (χ1n) is 8.23. The lowest BCUT2D eigenvalue weighted by molar-refractivity contribution is 0.477. The zero-order valence-corrected chi connectivity index (χ0v) is 14.6. The molecule has 124 valence electrons. The van der Waals surface area contributed by atoms with E-state index in [-0.39, 0.29) is 5.75 Å². The van der Waals surface area contributed by atoms with Gasteiger partial charge in [-0.1, -0.05) is 32.0 Å². The molecule has 0 saturated carbocycles. The van der Waals surface area contributed by atoms with Gasteiger partial charge in [-0.3, -0.25) is 0 Å². The van der Waals surface area contributed by atoms with E-state index in [9.17, 15) is 5.11 Å². The van der Waals surface area contributed by atoms with E-state index < -0.39 is 0 Å². The maximum atomic E-state index is 10.2. The molecule has 0 aliphatic heterocycles. The minimum atomic E-state index is 0.196. The van der Waals surface area contributed by atoms with E-state index in [0.717, 1.165) is 28.8 Å². The molecule has 0 aliphatic rings. The van der Waals surface area contributed by atoms with Crippen LogP contribution in [0.15, 0.2) is 42.5 Å². The molecule has 0 bridgehead atoms. The van der Waals surface area contributed by atoms with Gasteiger partial charge in [0.2, 0.25) is 0 Å². The van der Waals surface area contributed by atoms with Crippen molar-refractivity contribution in [1.29, 1.82) is 0 Å². The van der Waals surface area contributed by atoms with Crippen molar-refractivity contribution in [3.8, 4) is 17.1 Å². The number of aromatic hydroxyl groups is 1. The molecule has 4 nitrogen and oxygen atoms in total. The number of rotatable bonds is 4. The summed E-state index contributed by atoms with van der Waals surface area (Å²) in [5.74, 6) is 2.17. The number of phenols is 1. The van der Waals surface area contributed by atoms with Gasteiger partial charge in [0.1, 0.15) is 11.6 Å². The summed E-state index contributed by atoms with van der Waals surface area (Å²) in [4.78, 5) is 11.6. The molecule has 4 heteroatoms. The zero-order valence-electron chi connectivity index (χ0n) is 14.6. The van der Waals surface area contributed by atoms with Crippen molar-refractivity contribution >= 4 is 16.7 Å². The van der Waals surface area contributed by atoms with Crippen molar-refractivity contribution in [3.63, 3.8) is 0 Å². The quantitative estimate of drug-likeness (QED) is 0.773. The van der Waals surface area contributed by atoms with Gasteiger partial charge in [-0.25, -0.2) is 9.97 Å². The summed E-state index contributed by atoms with van der Waals surface area (Å²) in [7, 11) is 2.05. The number of benzene rings is 2. The van der Waals surface area contributed by atoms with Gasteiger partial charge in [-0.05, 0) is 42.7 Å². The summed E-state index contributed by atoms with van der Waals surface area (Å²) in [6.45, 7) is 7.33. The van der Waals surface area contributed by atoms with Gasteiger partial charge < -0.3 is 10.0 Å². The highest BCUT2D eigenvalue weighted by molar-refractivity contribution is 5.91. The minimum absolute atomic E-state index is 0.196. The van der Waals surface area contributed by atoms with Crippen LogP contribution in [-0.2, 0) is 0 Å². The third-order valence-corrected chi connectivity index (χ3v) is 3.98. The number of hydrogen-bond donors (Lipinski definition) is 1. The largest absolute Gasteiger partial charge is 0.507 e. The smallest absolute Gasteiger partial charge is 0.165 e. The first-order valence-corrected chi connectivity index (χ1v) is 8.23. The predicted octanol–water partition coefficient (Wildman–Crippen LogP) is 4.40. The SMILES string of the molecule is Cc1ccc2c(N(C)CC(C)C)nc(-c3ccccc3O)nc2c1. The highest BCUT2D eigenvalue weighted by Crippen LogP contribution is 2.31. The van der Waals surface area contributed by atoms with Crippen LogP contribution < -0.4 is 4.90 Å². The van der Waals surface area contributed by atoms with Crippen LogP contribution in [0.1, 0.15) is 19.4 Å². The Labute approximate surface area is 142 Å². The average molecular weight is 321 g/mol. The lowest BCUT2D eigenvalue weighted by Gasteiger charge is -2.22. The van der Waals surface area contributed by atoms with Crippen LogP contribution in [0, 0.1) is 12.8 Å². The second-order valence-corrected chi connectivity index (χ2v) is 6.68. The van der Waals surface area contributed by atoms with E-state index in [2.05, 4.69) is 50.9 Å². The third kappa shape index (κ3) is 3.18. The summed E-state index contributed by atoms with van der Waals surface area (Å²) in [6.07, 6.45) is 0. The molecule has 0 spiro atoms. The summed E-state index contributed by atoms with van der Waals surface area (Å²) in [6, 6.07) is 13.4. The van der Waals surface area contributed by atoms with Crippen molar-refractivity contribution in [3.05, 3.63) is 48.0 Å². The second-order valence-electron chi connectivity index (χ2n) is 6.68. The third-order valence-electron chi connectivity index (χ3n) is 3.98. The molecule has 0 atom stereocenters. The zero-order chi connectivity index (χ0) is 17.3. The van der Waals surface area contributed by atoms with Crippen LogP contribution in [0.5, 0.6) is 5.75 Å². The lowest BCUT2D eigenvalue weighted by Crippen LogP contribution is -2.24. The van der Waals surface area contributed by atoms with E-state index in [1.807, 2.05) is 12.1 Å². The maximum Gasteiger partial charge on any atom is 0.165 e. The Balaban J connectivity index is 2.23. The molecule has 1 heterocycles. The average Bonchev–Trinajstić information content (AvgIpc) is 2.53. The van der Waals surface area contributed by atoms with Crippen molar-refractivity contribution < 1.29 is 5.11 Å². The molecule has 0 radical (unpaired) electrons. The molecule has 1 aromatic heterocycles. The summed E-state index contributed by atoms with van der Waals surface area (Å²) < 4.78 is 0. The molecule has 3 rings (SSSR count). The van der Waals surface area contributed by atoms with Crippen molar-refractivity contribution in [2.75, 3.05) is 18.5 Å². The van der Waals surface area contributed by atoms with Crippen LogP contribution in [0.3, 0.4) is 0 Å². The molecule has 0 aliphatic carbocycles. The highest BCUT2D eigenvalue weighted by atomic mass is 16.3. The van der Waals surface area contributed by atoms with E-state index in [0.29, 0.717) is 17.3 Å². The Kier molecular flexibility index (Phi) is 4.38. The summed E-state index contributed by atoms with van der Waals surface area (Å²) >= 11 is 0. The molecular weight excluding hydrogens is 298 g/mol. The predicted molar refractivity (Wildman–Crippen MR) is 99.5 cm³/mol. The Bertz CT molecular complexity index is 874. The highest BCUT2D eigenvalue weighted by Gasteiger charge is 2.15. The Morgan fingerprint density at radius 2 is 1.83 bits per heavy atom. The summed E-state index contributed by atoms with van der Waals surface area (Å²) in [5.41, 5.74) is 2.70. The maximum absolute atomic E-state index is 10.2.